The lowest BCUT2D eigenvalue weighted by Gasteiger charge is -2.13. The molecule has 32 heavy (non-hydrogen) atoms. The Labute approximate surface area is 188 Å². The van der Waals surface area contributed by atoms with Gasteiger partial charge < -0.3 is 19.8 Å². The van der Waals surface area contributed by atoms with Crippen molar-refractivity contribution in [3.05, 3.63) is 107 Å². The zero-order chi connectivity index (χ0) is 22.2. The standard InChI is InChI=1S/C26H29N5O/c1-27-26(28-15-6-17-30-18-14-23-7-2-3-8-24(23)30)29-19-21-10-12-22(13-11-21)20-31-16-5-4-9-25(31)32/h2-5,7-14,16,18H,6,15,17,19-20H2,1H3,(H2,27,28,29). The number of benzene rings is 2. The maximum absolute atomic E-state index is 11.9. The first-order chi connectivity index (χ1) is 15.7. The molecule has 4 rings (SSSR count). The van der Waals surface area contributed by atoms with Crippen LogP contribution in [0.3, 0.4) is 0 Å². The number of hydrogen-bond acceptors (Lipinski definition) is 2. The third kappa shape index (κ3) is 5.46. The van der Waals surface area contributed by atoms with Crippen LogP contribution in [-0.2, 0) is 19.6 Å². The maximum Gasteiger partial charge on any atom is 0.250 e. The van der Waals surface area contributed by atoms with Crippen LogP contribution in [0.2, 0.25) is 0 Å². The molecular formula is C26H29N5O. The van der Waals surface area contributed by atoms with Gasteiger partial charge in [-0.2, -0.15) is 0 Å². The van der Waals surface area contributed by atoms with Gasteiger partial charge in [0.25, 0.3) is 5.56 Å². The molecule has 0 atom stereocenters. The van der Waals surface area contributed by atoms with Crippen LogP contribution in [0.1, 0.15) is 17.5 Å². The molecule has 0 aliphatic carbocycles. The zero-order valence-corrected chi connectivity index (χ0v) is 18.4. The van der Waals surface area contributed by atoms with E-state index in [1.54, 1.807) is 23.7 Å². The Kier molecular flexibility index (Phi) is 7.02. The summed E-state index contributed by atoms with van der Waals surface area (Å²) in [5, 5.41) is 8.03. The minimum atomic E-state index is 0.0121. The van der Waals surface area contributed by atoms with Crippen LogP contribution in [-0.4, -0.2) is 28.7 Å². The van der Waals surface area contributed by atoms with E-state index in [0.29, 0.717) is 13.1 Å². The van der Waals surface area contributed by atoms with Gasteiger partial charge in [0, 0.05) is 50.7 Å². The lowest BCUT2D eigenvalue weighted by Crippen LogP contribution is -2.37. The van der Waals surface area contributed by atoms with Crippen LogP contribution in [0.4, 0.5) is 0 Å². The molecule has 2 heterocycles. The topological polar surface area (TPSA) is 63.4 Å². The number of rotatable bonds is 8. The van der Waals surface area contributed by atoms with Gasteiger partial charge in [0.2, 0.25) is 0 Å². The van der Waals surface area contributed by atoms with E-state index in [1.807, 2.05) is 12.3 Å². The highest BCUT2D eigenvalue weighted by molar-refractivity contribution is 5.80. The third-order valence-corrected chi connectivity index (χ3v) is 5.51. The summed E-state index contributed by atoms with van der Waals surface area (Å²) in [6, 6.07) is 24.1. The van der Waals surface area contributed by atoms with Gasteiger partial charge in [0.05, 0.1) is 6.54 Å². The summed E-state index contributed by atoms with van der Waals surface area (Å²) in [5.41, 5.74) is 3.55. The average Bonchev–Trinajstić information content (AvgIpc) is 3.24. The van der Waals surface area contributed by atoms with Gasteiger partial charge in [0.15, 0.2) is 5.96 Å². The molecule has 2 aromatic carbocycles. The van der Waals surface area contributed by atoms with Crippen molar-refractivity contribution in [3.63, 3.8) is 0 Å². The largest absolute Gasteiger partial charge is 0.356 e. The fourth-order valence-electron chi connectivity index (χ4n) is 3.75. The molecule has 0 aliphatic rings. The predicted molar refractivity (Wildman–Crippen MR) is 131 cm³/mol. The number of aliphatic imine (C=N–C) groups is 1. The fraction of sp³-hybridized carbons (Fsp3) is 0.231. The molecule has 0 unspecified atom stereocenters. The number of aromatic nitrogens is 2. The van der Waals surface area contributed by atoms with Gasteiger partial charge >= 0.3 is 0 Å². The van der Waals surface area contributed by atoms with Crippen LogP contribution in [0.15, 0.2) is 95.0 Å². The van der Waals surface area contributed by atoms with Crippen molar-refractivity contribution in [1.82, 2.24) is 19.8 Å². The quantitative estimate of drug-likeness (QED) is 0.257. The van der Waals surface area contributed by atoms with Crippen LogP contribution in [0.5, 0.6) is 0 Å². The third-order valence-electron chi connectivity index (χ3n) is 5.51. The van der Waals surface area contributed by atoms with E-state index < -0.39 is 0 Å². The van der Waals surface area contributed by atoms with Crippen LogP contribution < -0.4 is 16.2 Å². The van der Waals surface area contributed by atoms with Crippen molar-refractivity contribution < 1.29 is 0 Å². The smallest absolute Gasteiger partial charge is 0.250 e. The minimum absolute atomic E-state index is 0.0121. The Morgan fingerprint density at radius 2 is 1.62 bits per heavy atom. The van der Waals surface area contributed by atoms with Crippen molar-refractivity contribution >= 4 is 16.9 Å². The van der Waals surface area contributed by atoms with E-state index in [1.165, 1.54) is 10.9 Å². The molecule has 2 N–H and O–H groups in total. The average molecular weight is 428 g/mol. The number of guanidine groups is 1. The van der Waals surface area contributed by atoms with Gasteiger partial charge in [-0.15, -0.1) is 0 Å². The minimum Gasteiger partial charge on any atom is -0.356 e. The van der Waals surface area contributed by atoms with Crippen molar-refractivity contribution in [1.29, 1.82) is 0 Å². The number of pyridine rings is 1. The molecule has 0 saturated heterocycles. The fourth-order valence-corrected chi connectivity index (χ4v) is 3.75. The van der Waals surface area contributed by atoms with Crippen LogP contribution in [0.25, 0.3) is 10.9 Å². The first-order valence-electron chi connectivity index (χ1n) is 10.9. The Morgan fingerprint density at radius 1 is 0.844 bits per heavy atom. The SMILES string of the molecule is CN=C(NCCCn1ccc2ccccc21)NCc1ccc(Cn2ccccc2=O)cc1. The molecule has 0 bridgehead atoms. The first-order valence-corrected chi connectivity index (χ1v) is 10.9. The van der Waals surface area contributed by atoms with Crippen LogP contribution in [0, 0.1) is 0 Å². The molecule has 2 aromatic heterocycles. The molecule has 0 amide bonds. The summed E-state index contributed by atoms with van der Waals surface area (Å²) in [7, 11) is 1.79. The van der Waals surface area contributed by atoms with E-state index >= 15 is 0 Å². The molecule has 0 saturated carbocycles. The molecule has 0 fully saturated rings. The highest BCUT2D eigenvalue weighted by Gasteiger charge is 2.02. The van der Waals surface area contributed by atoms with E-state index in [0.717, 1.165) is 36.6 Å². The van der Waals surface area contributed by atoms with E-state index in [-0.39, 0.29) is 5.56 Å². The Balaban J connectivity index is 1.22. The van der Waals surface area contributed by atoms with Crippen molar-refractivity contribution in [3.8, 4) is 0 Å². The van der Waals surface area contributed by atoms with Gasteiger partial charge in [-0.3, -0.25) is 9.79 Å². The molecule has 4 aromatic rings. The monoisotopic (exact) mass is 427 g/mol. The lowest BCUT2D eigenvalue weighted by molar-refractivity contribution is 0.640. The summed E-state index contributed by atoms with van der Waals surface area (Å²) < 4.78 is 3.99. The second-order valence-electron chi connectivity index (χ2n) is 7.76. The molecule has 6 nitrogen and oxygen atoms in total. The van der Waals surface area contributed by atoms with Gasteiger partial charge in [-0.25, -0.2) is 0 Å². The van der Waals surface area contributed by atoms with Gasteiger partial charge in [0.1, 0.15) is 0 Å². The Morgan fingerprint density at radius 3 is 2.44 bits per heavy atom. The number of nitrogens with one attached hydrogen (secondary N) is 2. The molecule has 164 valence electrons. The summed E-state index contributed by atoms with van der Waals surface area (Å²) in [6.07, 6.45) is 4.97. The lowest BCUT2D eigenvalue weighted by atomic mass is 10.1. The normalized spacial score (nSPS) is 11.6. The predicted octanol–water partition coefficient (Wildman–Crippen LogP) is 3.61. The second kappa shape index (κ2) is 10.5. The van der Waals surface area contributed by atoms with E-state index in [2.05, 4.69) is 81.0 Å². The van der Waals surface area contributed by atoms with Crippen molar-refractivity contribution in [2.24, 2.45) is 4.99 Å². The zero-order valence-electron chi connectivity index (χ0n) is 18.4. The molecule has 6 heteroatoms. The molecular weight excluding hydrogens is 398 g/mol. The summed E-state index contributed by atoms with van der Waals surface area (Å²) >= 11 is 0. The molecule has 0 spiro atoms. The summed E-state index contributed by atoms with van der Waals surface area (Å²) in [4.78, 5) is 16.2. The Hall–Kier alpha value is -3.80. The number of para-hydroxylation sites is 1. The van der Waals surface area contributed by atoms with E-state index in [4.69, 9.17) is 0 Å². The van der Waals surface area contributed by atoms with Crippen molar-refractivity contribution in [2.45, 2.75) is 26.1 Å². The highest BCUT2D eigenvalue weighted by atomic mass is 16.1. The second-order valence-corrected chi connectivity index (χ2v) is 7.76. The highest BCUT2D eigenvalue weighted by Crippen LogP contribution is 2.15. The molecule has 0 radical (unpaired) electrons. The number of nitrogens with zero attached hydrogens (tertiary/aromatic N) is 3. The van der Waals surface area contributed by atoms with Gasteiger partial charge in [-0.1, -0.05) is 48.5 Å². The first kappa shape index (κ1) is 21.4. The van der Waals surface area contributed by atoms with Crippen LogP contribution >= 0.6 is 0 Å². The van der Waals surface area contributed by atoms with E-state index in [9.17, 15) is 4.79 Å². The maximum atomic E-state index is 11.9. The molecule has 0 aliphatic heterocycles. The summed E-state index contributed by atoms with van der Waals surface area (Å²) in [6.45, 7) is 3.07. The van der Waals surface area contributed by atoms with Crippen molar-refractivity contribution in [2.75, 3.05) is 13.6 Å². The number of aryl methyl sites for hydroxylation is 1. The summed E-state index contributed by atoms with van der Waals surface area (Å²) in [5.74, 6) is 0.794. The number of hydrogen-bond donors (Lipinski definition) is 2. The Bertz CT molecular complexity index is 1240. The number of fused-ring (bicyclic) bond motifs is 1. The van der Waals surface area contributed by atoms with Gasteiger partial charge in [-0.05, 0) is 41.1 Å².